The molecule has 1 atom stereocenters. The van der Waals surface area contributed by atoms with Gasteiger partial charge in [0.05, 0.1) is 5.02 Å². The van der Waals surface area contributed by atoms with E-state index in [1.165, 1.54) is 0 Å². The van der Waals surface area contributed by atoms with Crippen molar-refractivity contribution in [2.75, 3.05) is 6.54 Å². The zero-order valence-corrected chi connectivity index (χ0v) is 13.1. The predicted molar refractivity (Wildman–Crippen MR) is 82.0 cm³/mol. The van der Waals surface area contributed by atoms with Crippen LogP contribution in [0.25, 0.3) is 0 Å². The van der Waals surface area contributed by atoms with Gasteiger partial charge < -0.3 is 10.6 Å². The fourth-order valence-corrected chi connectivity index (χ4v) is 2.78. The standard InChI is InChI=1S/C13H14ClIN2O2/c14-9-7-8(4-5-10(9)15)13(19)17-6-2-1-3-11(17)12(16)18/h4-5,7,11H,1-3,6H2,(H2,16,18). The van der Waals surface area contributed by atoms with E-state index in [0.29, 0.717) is 23.6 Å². The van der Waals surface area contributed by atoms with Gasteiger partial charge in [-0.05, 0) is 60.1 Å². The number of benzene rings is 1. The normalized spacial score (nSPS) is 19.3. The van der Waals surface area contributed by atoms with Gasteiger partial charge in [0.25, 0.3) is 5.91 Å². The Morgan fingerprint density at radius 1 is 1.37 bits per heavy atom. The molecule has 1 aliphatic heterocycles. The highest BCUT2D eigenvalue weighted by Gasteiger charge is 2.31. The Morgan fingerprint density at radius 3 is 2.74 bits per heavy atom. The maximum atomic E-state index is 12.4. The predicted octanol–water partition coefficient (Wildman–Crippen LogP) is 2.42. The molecule has 1 saturated heterocycles. The molecule has 0 radical (unpaired) electrons. The summed E-state index contributed by atoms with van der Waals surface area (Å²) < 4.78 is 0.890. The third kappa shape index (κ3) is 3.20. The summed E-state index contributed by atoms with van der Waals surface area (Å²) in [5.74, 6) is -0.619. The van der Waals surface area contributed by atoms with Gasteiger partial charge in [-0.3, -0.25) is 9.59 Å². The molecule has 0 saturated carbocycles. The summed E-state index contributed by atoms with van der Waals surface area (Å²) in [7, 11) is 0. The van der Waals surface area contributed by atoms with E-state index < -0.39 is 11.9 Å². The Bertz CT molecular complexity index is 521. The molecule has 2 N–H and O–H groups in total. The maximum Gasteiger partial charge on any atom is 0.254 e. The number of likely N-dealkylation sites (tertiary alicyclic amines) is 1. The first-order valence-corrected chi connectivity index (χ1v) is 7.51. The molecule has 2 amide bonds. The molecular formula is C13H14ClIN2O2. The molecule has 6 heteroatoms. The number of halogens is 2. The lowest BCUT2D eigenvalue weighted by Crippen LogP contribution is -2.50. The lowest BCUT2D eigenvalue weighted by molar-refractivity contribution is -0.123. The van der Waals surface area contributed by atoms with Crippen molar-refractivity contribution >= 4 is 46.0 Å². The van der Waals surface area contributed by atoms with Crippen LogP contribution in [0.1, 0.15) is 29.6 Å². The number of amides is 2. The van der Waals surface area contributed by atoms with Crippen molar-refractivity contribution in [3.8, 4) is 0 Å². The number of carbonyl (C=O) groups excluding carboxylic acids is 2. The monoisotopic (exact) mass is 392 g/mol. The molecule has 0 aromatic heterocycles. The minimum atomic E-state index is -0.501. The maximum absolute atomic E-state index is 12.4. The van der Waals surface area contributed by atoms with Gasteiger partial charge in [-0.15, -0.1) is 0 Å². The van der Waals surface area contributed by atoms with Gasteiger partial charge in [-0.1, -0.05) is 11.6 Å². The largest absolute Gasteiger partial charge is 0.368 e. The number of nitrogens with zero attached hydrogens (tertiary/aromatic N) is 1. The quantitative estimate of drug-likeness (QED) is 0.786. The first-order chi connectivity index (χ1) is 9.00. The van der Waals surface area contributed by atoms with Crippen LogP contribution < -0.4 is 5.73 Å². The molecule has 1 aromatic carbocycles. The Labute approximate surface area is 130 Å². The van der Waals surface area contributed by atoms with E-state index in [1.54, 1.807) is 23.1 Å². The van der Waals surface area contributed by atoms with Crippen LogP contribution in [0.2, 0.25) is 5.02 Å². The van der Waals surface area contributed by atoms with Crippen LogP contribution >= 0.6 is 34.2 Å². The second kappa shape index (κ2) is 6.09. The number of carbonyl (C=O) groups is 2. The molecule has 1 unspecified atom stereocenters. The van der Waals surface area contributed by atoms with E-state index in [1.807, 2.05) is 0 Å². The number of piperidine rings is 1. The summed E-state index contributed by atoms with van der Waals surface area (Å²) in [6.45, 7) is 0.566. The first kappa shape index (κ1) is 14.6. The van der Waals surface area contributed by atoms with Gasteiger partial charge in [0.2, 0.25) is 5.91 Å². The van der Waals surface area contributed by atoms with Crippen molar-refractivity contribution in [1.82, 2.24) is 4.90 Å². The Balaban J connectivity index is 2.26. The number of rotatable bonds is 2. The zero-order valence-electron chi connectivity index (χ0n) is 10.2. The Morgan fingerprint density at radius 2 is 2.11 bits per heavy atom. The van der Waals surface area contributed by atoms with Gasteiger partial charge in [0.1, 0.15) is 6.04 Å². The fraction of sp³-hybridized carbons (Fsp3) is 0.385. The first-order valence-electron chi connectivity index (χ1n) is 6.06. The molecule has 4 nitrogen and oxygen atoms in total. The van der Waals surface area contributed by atoms with E-state index in [-0.39, 0.29) is 5.91 Å². The smallest absolute Gasteiger partial charge is 0.254 e. The molecule has 0 bridgehead atoms. The van der Waals surface area contributed by atoms with Gasteiger partial charge in [-0.2, -0.15) is 0 Å². The third-order valence-electron chi connectivity index (χ3n) is 3.26. The summed E-state index contributed by atoms with van der Waals surface area (Å²) in [5.41, 5.74) is 5.87. The highest BCUT2D eigenvalue weighted by molar-refractivity contribution is 14.1. The molecule has 1 fully saturated rings. The Kier molecular flexibility index (Phi) is 4.67. The lowest BCUT2D eigenvalue weighted by atomic mass is 10.0. The topological polar surface area (TPSA) is 63.4 Å². The van der Waals surface area contributed by atoms with Crippen molar-refractivity contribution in [3.63, 3.8) is 0 Å². The number of nitrogens with two attached hydrogens (primary N) is 1. The molecule has 1 aromatic rings. The van der Waals surface area contributed by atoms with E-state index in [0.717, 1.165) is 16.4 Å². The van der Waals surface area contributed by atoms with Crippen molar-refractivity contribution in [2.45, 2.75) is 25.3 Å². The second-order valence-corrected chi connectivity index (χ2v) is 6.11. The van der Waals surface area contributed by atoms with Crippen LogP contribution in [0.4, 0.5) is 0 Å². The minimum Gasteiger partial charge on any atom is -0.368 e. The van der Waals surface area contributed by atoms with Crippen LogP contribution in [-0.2, 0) is 4.79 Å². The minimum absolute atomic E-state index is 0.179. The van der Waals surface area contributed by atoms with Gasteiger partial charge >= 0.3 is 0 Å². The van der Waals surface area contributed by atoms with Crippen molar-refractivity contribution in [3.05, 3.63) is 32.4 Å². The fourth-order valence-electron chi connectivity index (χ4n) is 2.27. The van der Waals surface area contributed by atoms with Crippen LogP contribution in [0, 0.1) is 3.57 Å². The molecule has 1 heterocycles. The molecule has 0 spiro atoms. The van der Waals surface area contributed by atoms with Gasteiger partial charge in [-0.25, -0.2) is 0 Å². The summed E-state index contributed by atoms with van der Waals surface area (Å²) in [4.78, 5) is 25.4. The van der Waals surface area contributed by atoms with E-state index in [2.05, 4.69) is 22.6 Å². The molecule has 2 rings (SSSR count). The van der Waals surface area contributed by atoms with Crippen LogP contribution in [0.3, 0.4) is 0 Å². The summed E-state index contributed by atoms with van der Waals surface area (Å²) >= 11 is 8.13. The third-order valence-corrected chi connectivity index (χ3v) is 4.83. The SMILES string of the molecule is NC(=O)C1CCCCN1C(=O)c1ccc(I)c(Cl)c1. The zero-order chi connectivity index (χ0) is 14.0. The van der Waals surface area contributed by atoms with Crippen LogP contribution in [-0.4, -0.2) is 29.3 Å². The molecular weight excluding hydrogens is 379 g/mol. The van der Waals surface area contributed by atoms with Gasteiger partial charge in [0.15, 0.2) is 0 Å². The van der Waals surface area contributed by atoms with E-state index in [9.17, 15) is 9.59 Å². The number of primary amides is 1. The highest BCUT2D eigenvalue weighted by Crippen LogP contribution is 2.23. The number of hydrogen-bond donors (Lipinski definition) is 1. The molecule has 0 aliphatic carbocycles. The lowest BCUT2D eigenvalue weighted by Gasteiger charge is -2.33. The van der Waals surface area contributed by atoms with Crippen LogP contribution in [0.15, 0.2) is 18.2 Å². The molecule has 1 aliphatic rings. The van der Waals surface area contributed by atoms with Crippen molar-refractivity contribution in [2.24, 2.45) is 5.73 Å². The second-order valence-electron chi connectivity index (χ2n) is 4.54. The number of hydrogen-bond acceptors (Lipinski definition) is 2. The summed E-state index contributed by atoms with van der Waals surface area (Å²) in [6, 6.07) is 4.65. The van der Waals surface area contributed by atoms with Crippen molar-refractivity contribution in [1.29, 1.82) is 0 Å². The Hall–Kier alpha value is -0.820. The molecule has 19 heavy (non-hydrogen) atoms. The average molecular weight is 393 g/mol. The summed E-state index contributed by atoms with van der Waals surface area (Å²) in [6.07, 6.45) is 2.46. The van der Waals surface area contributed by atoms with E-state index in [4.69, 9.17) is 17.3 Å². The highest BCUT2D eigenvalue weighted by atomic mass is 127. The molecule has 102 valence electrons. The average Bonchev–Trinajstić information content (AvgIpc) is 2.41. The van der Waals surface area contributed by atoms with Gasteiger partial charge in [0, 0.05) is 15.7 Å². The van der Waals surface area contributed by atoms with Crippen molar-refractivity contribution < 1.29 is 9.59 Å². The van der Waals surface area contributed by atoms with Crippen LogP contribution in [0.5, 0.6) is 0 Å². The summed E-state index contributed by atoms with van der Waals surface area (Å²) in [5, 5.41) is 0.541. The van der Waals surface area contributed by atoms with E-state index >= 15 is 0 Å².